The smallest absolute Gasteiger partial charge is 0.409 e. The fourth-order valence-corrected chi connectivity index (χ4v) is 4.10. The van der Waals surface area contributed by atoms with Crippen LogP contribution in [0.2, 0.25) is 0 Å². The Morgan fingerprint density at radius 3 is 2.26 bits per heavy atom. The summed E-state index contributed by atoms with van der Waals surface area (Å²) in [5.74, 6) is -0.286. The number of rotatable bonds is 8. The number of benzene rings is 3. The van der Waals surface area contributed by atoms with Gasteiger partial charge in [0.15, 0.2) is 0 Å². The van der Waals surface area contributed by atoms with Crippen molar-refractivity contribution in [1.82, 2.24) is 4.90 Å². The minimum absolute atomic E-state index is 0.286. The van der Waals surface area contributed by atoms with Gasteiger partial charge in [0.1, 0.15) is 0 Å². The van der Waals surface area contributed by atoms with Crippen molar-refractivity contribution in [3.05, 3.63) is 83.9 Å². The molecule has 0 aromatic heterocycles. The molecule has 0 aliphatic carbocycles. The van der Waals surface area contributed by atoms with Crippen LogP contribution in [0.1, 0.15) is 15.9 Å². The van der Waals surface area contributed by atoms with Crippen LogP contribution >= 0.6 is 7.14 Å². The highest BCUT2D eigenvalue weighted by molar-refractivity contribution is 7.62. The van der Waals surface area contributed by atoms with Crippen molar-refractivity contribution in [3.63, 3.8) is 0 Å². The Morgan fingerprint density at radius 1 is 0.971 bits per heavy atom. The second-order valence-electron chi connectivity index (χ2n) is 8.51. The molecule has 0 saturated heterocycles. The molecule has 0 fully saturated rings. The van der Waals surface area contributed by atoms with Crippen molar-refractivity contribution in [3.8, 4) is 11.1 Å². The maximum absolute atomic E-state index is 12.8. The molecule has 0 aliphatic rings. The van der Waals surface area contributed by atoms with Crippen molar-refractivity contribution in [2.24, 2.45) is 0 Å². The molecule has 0 atom stereocenters. The number of anilines is 2. The molecule has 8 heteroatoms. The van der Waals surface area contributed by atoms with Gasteiger partial charge in [-0.05, 0) is 54.3 Å². The number of hydrogen-bond acceptors (Lipinski definition) is 5. The monoisotopic (exact) mass is 479 g/mol. The topological polar surface area (TPSA) is 102 Å². The van der Waals surface area contributed by atoms with Crippen molar-refractivity contribution in [1.29, 1.82) is 0 Å². The molecule has 3 N–H and O–H groups in total. The van der Waals surface area contributed by atoms with Gasteiger partial charge in [0, 0.05) is 24.8 Å². The van der Waals surface area contributed by atoms with E-state index in [1.165, 1.54) is 12.0 Å². The average molecular weight is 480 g/mol. The van der Waals surface area contributed by atoms with Gasteiger partial charge in [-0.1, -0.05) is 48.5 Å². The number of methoxy groups -OCH3 is 1. The second-order valence-corrected chi connectivity index (χ2v) is 12.1. The molecule has 0 bridgehead atoms. The van der Waals surface area contributed by atoms with Gasteiger partial charge < -0.3 is 25.3 Å². The van der Waals surface area contributed by atoms with Gasteiger partial charge in [-0.15, -0.1) is 0 Å². The van der Waals surface area contributed by atoms with E-state index in [0.29, 0.717) is 36.2 Å². The summed E-state index contributed by atoms with van der Waals surface area (Å²) in [6, 6.07) is 22.3. The van der Waals surface area contributed by atoms with Crippen molar-refractivity contribution < 1.29 is 18.9 Å². The van der Waals surface area contributed by atoms with Gasteiger partial charge in [0.2, 0.25) is 0 Å². The summed E-state index contributed by atoms with van der Waals surface area (Å²) in [5, 5.41) is 2.88. The zero-order chi connectivity index (χ0) is 24.7. The third-order valence-corrected chi connectivity index (χ3v) is 6.62. The Hall–Kier alpha value is -3.57. The first kappa shape index (κ1) is 25.1. The molecule has 0 heterocycles. The summed E-state index contributed by atoms with van der Waals surface area (Å²) in [6.07, 6.45) is -0.0736. The molecule has 2 amide bonds. The molecule has 0 aliphatic heterocycles. The van der Waals surface area contributed by atoms with Gasteiger partial charge in [0.05, 0.1) is 25.6 Å². The first-order chi connectivity index (χ1) is 16.2. The number of nitrogen functional groups attached to an aromatic ring is 1. The number of ether oxygens (including phenoxy) is 1. The number of nitrogens with one attached hydrogen (secondary N) is 1. The maximum Gasteiger partial charge on any atom is 0.409 e. The van der Waals surface area contributed by atoms with E-state index in [1.807, 2.05) is 42.5 Å². The predicted molar refractivity (Wildman–Crippen MR) is 138 cm³/mol. The number of amides is 2. The van der Waals surface area contributed by atoms with Crippen LogP contribution in [0, 0.1) is 0 Å². The third-order valence-electron chi connectivity index (χ3n) is 5.34. The SMILES string of the molecule is COC(=O)N(CCP(C)(C)=O)Cc1ccc(C(=O)Nc2cc(-c3ccccc3)ccc2N)cc1. The Bertz CT molecular complexity index is 1190. The lowest BCUT2D eigenvalue weighted by molar-refractivity contribution is 0.102. The van der Waals surface area contributed by atoms with Crippen LogP contribution in [0.15, 0.2) is 72.8 Å². The lowest BCUT2D eigenvalue weighted by atomic mass is 10.0. The molecule has 0 spiro atoms. The van der Waals surface area contributed by atoms with Crippen LogP contribution in [0.25, 0.3) is 11.1 Å². The molecule has 0 unspecified atom stereocenters. The first-order valence-corrected chi connectivity index (χ1v) is 13.7. The van der Waals surface area contributed by atoms with Gasteiger partial charge >= 0.3 is 6.09 Å². The predicted octanol–water partition coefficient (Wildman–Crippen LogP) is 5.38. The normalized spacial score (nSPS) is 11.0. The minimum atomic E-state index is -2.27. The number of nitrogens with two attached hydrogens (primary N) is 1. The van der Waals surface area contributed by atoms with E-state index < -0.39 is 13.2 Å². The van der Waals surface area contributed by atoms with E-state index >= 15 is 0 Å². The third kappa shape index (κ3) is 6.96. The van der Waals surface area contributed by atoms with E-state index in [4.69, 9.17) is 10.5 Å². The minimum Gasteiger partial charge on any atom is -0.453 e. The zero-order valence-electron chi connectivity index (χ0n) is 19.7. The lowest BCUT2D eigenvalue weighted by Gasteiger charge is -2.22. The summed E-state index contributed by atoms with van der Waals surface area (Å²) >= 11 is 0. The Balaban J connectivity index is 1.70. The van der Waals surface area contributed by atoms with Crippen LogP contribution < -0.4 is 11.1 Å². The highest BCUT2D eigenvalue weighted by Gasteiger charge is 2.18. The number of hydrogen-bond donors (Lipinski definition) is 2. The molecule has 34 heavy (non-hydrogen) atoms. The van der Waals surface area contributed by atoms with Gasteiger partial charge in [-0.3, -0.25) is 4.79 Å². The molecule has 0 radical (unpaired) electrons. The molecule has 178 valence electrons. The Morgan fingerprint density at radius 2 is 1.65 bits per heavy atom. The fraction of sp³-hybridized carbons (Fsp3) is 0.231. The van der Waals surface area contributed by atoms with E-state index in [9.17, 15) is 14.2 Å². The van der Waals surface area contributed by atoms with Crippen molar-refractivity contribution >= 4 is 30.5 Å². The standard InChI is InChI=1S/C26H30N3O4P/c1-33-26(31)29(15-16-34(2,3)32)18-19-9-11-21(12-10-19)25(30)28-24-17-22(13-14-23(24)27)20-7-5-4-6-8-20/h4-14,17H,15-16,18,27H2,1-3H3,(H,28,30). The summed E-state index contributed by atoms with van der Waals surface area (Å²) in [4.78, 5) is 26.4. The summed E-state index contributed by atoms with van der Waals surface area (Å²) in [7, 11) is -0.951. The molecule has 0 saturated carbocycles. The van der Waals surface area contributed by atoms with Crippen LogP contribution in [0.3, 0.4) is 0 Å². The van der Waals surface area contributed by atoms with Gasteiger partial charge in [-0.2, -0.15) is 0 Å². The maximum atomic E-state index is 12.8. The molecular weight excluding hydrogens is 449 g/mol. The van der Waals surface area contributed by atoms with Gasteiger partial charge in [-0.25, -0.2) is 4.79 Å². The second kappa shape index (κ2) is 11.0. The fourth-order valence-electron chi connectivity index (χ4n) is 3.38. The highest BCUT2D eigenvalue weighted by Crippen LogP contribution is 2.35. The Labute approximate surface area is 200 Å². The molecule has 7 nitrogen and oxygen atoms in total. The van der Waals surface area contributed by atoms with Crippen molar-refractivity contribution in [2.75, 3.05) is 44.2 Å². The van der Waals surface area contributed by atoms with Crippen molar-refractivity contribution in [2.45, 2.75) is 6.54 Å². The van der Waals surface area contributed by atoms with Crippen LogP contribution in [0.4, 0.5) is 16.2 Å². The summed E-state index contributed by atoms with van der Waals surface area (Å²) in [5.41, 5.74) is 10.4. The van der Waals surface area contributed by atoms with E-state index in [2.05, 4.69) is 5.32 Å². The zero-order valence-corrected chi connectivity index (χ0v) is 20.5. The summed E-state index contributed by atoms with van der Waals surface area (Å²) in [6.45, 7) is 4.01. The van der Waals surface area contributed by atoms with E-state index in [-0.39, 0.29) is 5.91 Å². The van der Waals surface area contributed by atoms with Gasteiger partial charge in [0.25, 0.3) is 5.91 Å². The highest BCUT2D eigenvalue weighted by atomic mass is 31.2. The lowest BCUT2D eigenvalue weighted by Crippen LogP contribution is -2.32. The van der Waals surface area contributed by atoms with Crippen LogP contribution in [-0.2, 0) is 15.8 Å². The van der Waals surface area contributed by atoms with Crippen LogP contribution in [0.5, 0.6) is 0 Å². The Kier molecular flexibility index (Phi) is 8.13. The molecule has 3 aromatic carbocycles. The van der Waals surface area contributed by atoms with E-state index in [0.717, 1.165) is 16.7 Å². The molecular formula is C26H30N3O4P. The number of nitrogens with zero attached hydrogens (tertiary/aromatic N) is 1. The quantitative estimate of drug-likeness (QED) is 0.334. The average Bonchev–Trinajstić information content (AvgIpc) is 2.83. The van der Waals surface area contributed by atoms with E-state index in [1.54, 1.807) is 43.7 Å². The molecule has 3 aromatic rings. The first-order valence-electron chi connectivity index (χ1n) is 10.9. The summed E-state index contributed by atoms with van der Waals surface area (Å²) < 4.78 is 16.9. The molecule has 3 rings (SSSR count). The largest absolute Gasteiger partial charge is 0.453 e. The number of carbonyl (C=O) groups excluding carboxylic acids is 2. The number of carbonyl (C=O) groups is 2. The van der Waals surface area contributed by atoms with Crippen LogP contribution in [-0.4, -0.2) is 50.0 Å².